The first-order valence-electron chi connectivity index (χ1n) is 4.06. The van der Waals surface area contributed by atoms with Gasteiger partial charge in [-0.2, -0.15) is 5.26 Å². The van der Waals surface area contributed by atoms with Crippen molar-refractivity contribution >= 4 is 6.29 Å². The summed E-state index contributed by atoms with van der Waals surface area (Å²) in [5.41, 5.74) is -0.451. The number of aldehydes is 1. The largest absolute Gasteiger partial charge is 0.303 e. The Morgan fingerprint density at radius 1 is 1.58 bits per heavy atom. The van der Waals surface area contributed by atoms with Gasteiger partial charge in [0.05, 0.1) is 11.5 Å². The fraction of sp³-hybridized carbons (Fsp3) is 0.600. The maximum Gasteiger partial charge on any atom is 0.120 e. The second kappa shape index (κ2) is 4.71. The van der Waals surface area contributed by atoms with Crippen LogP contribution in [0.2, 0.25) is 0 Å². The van der Waals surface area contributed by atoms with Gasteiger partial charge in [0.2, 0.25) is 0 Å². The molecule has 2 heteroatoms. The third-order valence-corrected chi connectivity index (χ3v) is 1.99. The van der Waals surface area contributed by atoms with Gasteiger partial charge in [-0.25, -0.2) is 0 Å². The normalized spacial score (nSPS) is 14.2. The van der Waals surface area contributed by atoms with Crippen LogP contribution in [0.3, 0.4) is 0 Å². The summed E-state index contributed by atoms with van der Waals surface area (Å²) in [6, 6.07) is 2.20. The molecule has 0 amide bonds. The van der Waals surface area contributed by atoms with Crippen LogP contribution in [0.15, 0.2) is 12.2 Å². The zero-order valence-corrected chi connectivity index (χ0v) is 7.87. The highest BCUT2D eigenvalue weighted by Gasteiger charge is 2.26. The lowest BCUT2D eigenvalue weighted by atomic mass is 9.78. The zero-order chi connectivity index (χ0) is 9.61. The van der Waals surface area contributed by atoms with E-state index < -0.39 is 5.41 Å². The number of allylic oxidation sites excluding steroid dienone is 2. The van der Waals surface area contributed by atoms with Gasteiger partial charge in [-0.15, -0.1) is 0 Å². The van der Waals surface area contributed by atoms with E-state index in [1.165, 1.54) is 0 Å². The SMILES string of the molecule is C/C=C/C(CC=O)C(C)(C)C#N. The predicted molar refractivity (Wildman–Crippen MR) is 48.4 cm³/mol. The highest BCUT2D eigenvalue weighted by atomic mass is 16.1. The average Bonchev–Trinajstić information content (AvgIpc) is 2.04. The second-order valence-electron chi connectivity index (χ2n) is 3.37. The topological polar surface area (TPSA) is 40.9 Å². The molecule has 0 aromatic carbocycles. The van der Waals surface area contributed by atoms with E-state index >= 15 is 0 Å². The second-order valence-corrected chi connectivity index (χ2v) is 3.37. The Kier molecular flexibility index (Phi) is 4.28. The quantitative estimate of drug-likeness (QED) is 0.474. The summed E-state index contributed by atoms with van der Waals surface area (Å²) < 4.78 is 0. The molecule has 0 rings (SSSR count). The molecule has 0 saturated carbocycles. The smallest absolute Gasteiger partial charge is 0.120 e. The van der Waals surface area contributed by atoms with Crippen molar-refractivity contribution < 1.29 is 4.79 Å². The Hall–Kier alpha value is -1.10. The van der Waals surface area contributed by atoms with E-state index in [1.54, 1.807) is 0 Å². The Labute approximate surface area is 73.9 Å². The highest BCUT2D eigenvalue weighted by molar-refractivity contribution is 5.50. The van der Waals surface area contributed by atoms with E-state index in [0.29, 0.717) is 6.42 Å². The maximum atomic E-state index is 10.3. The van der Waals surface area contributed by atoms with Crippen LogP contribution in [-0.4, -0.2) is 6.29 Å². The van der Waals surface area contributed by atoms with Crippen LogP contribution in [0, 0.1) is 22.7 Å². The predicted octanol–water partition coefficient (Wildman–Crippen LogP) is 2.32. The van der Waals surface area contributed by atoms with Gasteiger partial charge in [0.1, 0.15) is 6.29 Å². The fourth-order valence-electron chi connectivity index (χ4n) is 1.03. The Morgan fingerprint density at radius 3 is 2.50 bits per heavy atom. The molecule has 0 aliphatic heterocycles. The zero-order valence-electron chi connectivity index (χ0n) is 7.87. The molecule has 0 bridgehead atoms. The molecule has 1 atom stereocenters. The average molecular weight is 165 g/mol. The molecule has 0 spiro atoms. The van der Waals surface area contributed by atoms with Crippen molar-refractivity contribution in [2.24, 2.45) is 11.3 Å². The van der Waals surface area contributed by atoms with Crippen molar-refractivity contribution in [2.75, 3.05) is 0 Å². The molecule has 0 aromatic heterocycles. The third-order valence-electron chi connectivity index (χ3n) is 1.99. The summed E-state index contributed by atoms with van der Waals surface area (Å²) in [4.78, 5) is 10.3. The Morgan fingerprint density at radius 2 is 2.17 bits per heavy atom. The van der Waals surface area contributed by atoms with Gasteiger partial charge >= 0.3 is 0 Å². The summed E-state index contributed by atoms with van der Waals surface area (Å²) in [6.45, 7) is 5.59. The summed E-state index contributed by atoms with van der Waals surface area (Å²) in [5, 5.41) is 8.82. The van der Waals surface area contributed by atoms with Crippen LogP contribution in [0.4, 0.5) is 0 Å². The molecular formula is C10H15NO. The van der Waals surface area contributed by atoms with Crippen LogP contribution in [0.5, 0.6) is 0 Å². The molecule has 12 heavy (non-hydrogen) atoms. The van der Waals surface area contributed by atoms with E-state index in [0.717, 1.165) is 6.29 Å². The van der Waals surface area contributed by atoms with Gasteiger partial charge in [-0.1, -0.05) is 12.2 Å². The lowest BCUT2D eigenvalue weighted by molar-refractivity contribution is -0.108. The van der Waals surface area contributed by atoms with Crippen molar-refractivity contribution in [1.82, 2.24) is 0 Å². The molecular weight excluding hydrogens is 150 g/mol. The minimum Gasteiger partial charge on any atom is -0.303 e. The lowest BCUT2D eigenvalue weighted by Gasteiger charge is -2.22. The van der Waals surface area contributed by atoms with E-state index in [2.05, 4.69) is 6.07 Å². The summed E-state index contributed by atoms with van der Waals surface area (Å²) in [5.74, 6) is 0.0324. The molecule has 0 N–H and O–H groups in total. The minimum absolute atomic E-state index is 0.0324. The fourth-order valence-corrected chi connectivity index (χ4v) is 1.03. The number of rotatable bonds is 4. The van der Waals surface area contributed by atoms with Crippen LogP contribution in [0.1, 0.15) is 27.2 Å². The molecule has 0 aromatic rings. The highest BCUT2D eigenvalue weighted by Crippen LogP contribution is 2.28. The van der Waals surface area contributed by atoms with Gasteiger partial charge in [-0.3, -0.25) is 0 Å². The summed E-state index contributed by atoms with van der Waals surface area (Å²) >= 11 is 0. The standard InChI is InChI=1S/C10H15NO/c1-4-5-9(6-7-12)10(2,3)8-11/h4-5,7,9H,6H2,1-3H3/b5-4+. The van der Waals surface area contributed by atoms with Crippen LogP contribution in [-0.2, 0) is 4.79 Å². The molecule has 66 valence electrons. The lowest BCUT2D eigenvalue weighted by Crippen LogP contribution is -2.20. The minimum atomic E-state index is -0.451. The number of hydrogen-bond acceptors (Lipinski definition) is 2. The van der Waals surface area contributed by atoms with E-state index in [4.69, 9.17) is 5.26 Å². The van der Waals surface area contributed by atoms with Gasteiger partial charge < -0.3 is 4.79 Å². The van der Waals surface area contributed by atoms with Gasteiger partial charge in [0, 0.05) is 12.3 Å². The Balaban J connectivity index is 4.51. The monoisotopic (exact) mass is 165 g/mol. The third kappa shape index (κ3) is 2.87. The molecule has 0 saturated heterocycles. The van der Waals surface area contributed by atoms with E-state index in [1.807, 2.05) is 32.9 Å². The van der Waals surface area contributed by atoms with E-state index in [-0.39, 0.29) is 5.92 Å². The molecule has 0 fully saturated rings. The van der Waals surface area contributed by atoms with Crippen molar-refractivity contribution in [3.8, 4) is 6.07 Å². The maximum absolute atomic E-state index is 10.3. The number of nitriles is 1. The summed E-state index contributed by atoms with van der Waals surface area (Å²) in [7, 11) is 0. The van der Waals surface area contributed by atoms with Crippen LogP contribution >= 0.6 is 0 Å². The molecule has 2 nitrogen and oxygen atoms in total. The number of nitrogens with zero attached hydrogens (tertiary/aromatic N) is 1. The van der Waals surface area contributed by atoms with Crippen molar-refractivity contribution in [3.05, 3.63) is 12.2 Å². The van der Waals surface area contributed by atoms with Gasteiger partial charge in [0.25, 0.3) is 0 Å². The first-order valence-corrected chi connectivity index (χ1v) is 4.06. The molecule has 0 radical (unpaired) electrons. The van der Waals surface area contributed by atoms with Gasteiger partial charge in [0.15, 0.2) is 0 Å². The Bertz CT molecular complexity index is 210. The van der Waals surface area contributed by atoms with Crippen molar-refractivity contribution in [2.45, 2.75) is 27.2 Å². The van der Waals surface area contributed by atoms with E-state index in [9.17, 15) is 4.79 Å². The van der Waals surface area contributed by atoms with Gasteiger partial charge in [-0.05, 0) is 20.8 Å². The number of hydrogen-bond donors (Lipinski definition) is 0. The molecule has 0 aliphatic carbocycles. The van der Waals surface area contributed by atoms with Crippen molar-refractivity contribution in [3.63, 3.8) is 0 Å². The first-order chi connectivity index (χ1) is 5.58. The van der Waals surface area contributed by atoms with Crippen molar-refractivity contribution in [1.29, 1.82) is 5.26 Å². The molecule has 1 unspecified atom stereocenters. The van der Waals surface area contributed by atoms with Crippen LogP contribution in [0.25, 0.3) is 0 Å². The number of carbonyl (C=O) groups excluding carboxylic acids is 1. The first kappa shape index (κ1) is 10.9. The number of carbonyl (C=O) groups is 1. The molecule has 0 heterocycles. The molecule has 0 aliphatic rings. The summed E-state index contributed by atoms with van der Waals surface area (Å²) in [6.07, 6.45) is 5.08. The van der Waals surface area contributed by atoms with Crippen LogP contribution < -0.4 is 0 Å².